The fourth-order valence-electron chi connectivity index (χ4n) is 5.57. The molecule has 9 heteroatoms. The molecule has 4 aromatic rings. The zero-order valence-electron chi connectivity index (χ0n) is 22.7. The lowest BCUT2D eigenvalue weighted by atomic mass is 9.81. The highest BCUT2D eigenvalue weighted by Crippen LogP contribution is 2.29. The maximum Gasteiger partial charge on any atom is 0.331 e. The molecule has 0 radical (unpaired) electrons. The summed E-state index contributed by atoms with van der Waals surface area (Å²) in [6.07, 6.45) is 3.57. The number of nitrogens with one attached hydrogen (secondary N) is 2. The number of halogens is 1. The SMILES string of the molecule is O=C(Cn1c(=O)n(CC2CCC(C(=O)NCCc3ccccc3)CC2)c(=O)c2ccccc21)Nc1ccccc1F. The number of anilines is 1. The van der Waals surface area contributed by atoms with Gasteiger partial charge in [0.1, 0.15) is 12.4 Å². The van der Waals surface area contributed by atoms with Crippen LogP contribution in [0.25, 0.3) is 10.9 Å². The van der Waals surface area contributed by atoms with Gasteiger partial charge in [-0.1, -0.05) is 54.6 Å². The van der Waals surface area contributed by atoms with Crippen molar-refractivity contribution in [2.75, 3.05) is 11.9 Å². The van der Waals surface area contributed by atoms with E-state index in [1.807, 2.05) is 30.3 Å². The number of benzene rings is 3. The van der Waals surface area contributed by atoms with Crippen LogP contribution in [-0.4, -0.2) is 27.5 Å². The molecule has 1 fully saturated rings. The summed E-state index contributed by atoms with van der Waals surface area (Å²) in [7, 11) is 0. The molecule has 1 aromatic heterocycles. The molecule has 41 heavy (non-hydrogen) atoms. The van der Waals surface area contributed by atoms with E-state index in [0.717, 1.165) is 6.42 Å². The summed E-state index contributed by atoms with van der Waals surface area (Å²) < 4.78 is 16.5. The minimum absolute atomic E-state index is 0.0176. The normalized spacial score (nSPS) is 16.8. The summed E-state index contributed by atoms with van der Waals surface area (Å²) in [4.78, 5) is 52.4. The van der Waals surface area contributed by atoms with E-state index in [9.17, 15) is 23.6 Å². The van der Waals surface area contributed by atoms with Crippen LogP contribution in [0.1, 0.15) is 31.2 Å². The molecule has 0 unspecified atom stereocenters. The van der Waals surface area contributed by atoms with Crippen LogP contribution in [0.2, 0.25) is 0 Å². The number of hydrogen-bond donors (Lipinski definition) is 2. The Morgan fingerprint density at radius 3 is 2.27 bits per heavy atom. The second-order valence-electron chi connectivity index (χ2n) is 10.6. The summed E-state index contributed by atoms with van der Waals surface area (Å²) in [6, 6.07) is 22.5. The molecule has 1 heterocycles. The Morgan fingerprint density at radius 1 is 0.829 bits per heavy atom. The van der Waals surface area contributed by atoms with Crippen molar-refractivity contribution in [1.82, 2.24) is 14.5 Å². The van der Waals surface area contributed by atoms with Gasteiger partial charge >= 0.3 is 5.69 Å². The van der Waals surface area contributed by atoms with Gasteiger partial charge in [0, 0.05) is 19.0 Å². The highest BCUT2D eigenvalue weighted by atomic mass is 19.1. The molecule has 2 N–H and O–H groups in total. The second kappa shape index (κ2) is 12.8. The first-order valence-corrected chi connectivity index (χ1v) is 14.0. The Kier molecular flexibility index (Phi) is 8.72. The van der Waals surface area contributed by atoms with Gasteiger partial charge in [0.05, 0.1) is 16.6 Å². The van der Waals surface area contributed by atoms with Gasteiger partial charge in [-0.15, -0.1) is 0 Å². The molecule has 1 aliphatic rings. The van der Waals surface area contributed by atoms with Crippen molar-refractivity contribution in [2.24, 2.45) is 11.8 Å². The van der Waals surface area contributed by atoms with Gasteiger partial charge in [-0.25, -0.2) is 9.18 Å². The molecule has 0 bridgehead atoms. The molecule has 2 amide bonds. The monoisotopic (exact) mass is 556 g/mol. The third-order valence-corrected chi connectivity index (χ3v) is 7.80. The van der Waals surface area contributed by atoms with Gasteiger partial charge in [0.15, 0.2) is 0 Å². The maximum atomic E-state index is 14.1. The number of carbonyl (C=O) groups is 2. The fraction of sp³-hybridized carbons (Fsp3) is 0.312. The van der Waals surface area contributed by atoms with Crippen molar-refractivity contribution in [3.8, 4) is 0 Å². The number of amides is 2. The second-order valence-corrected chi connectivity index (χ2v) is 10.6. The Labute approximate surface area is 236 Å². The Hall–Kier alpha value is -4.53. The molecule has 1 aliphatic carbocycles. The van der Waals surface area contributed by atoms with Gasteiger partial charge in [0.2, 0.25) is 11.8 Å². The van der Waals surface area contributed by atoms with Crippen molar-refractivity contribution in [3.63, 3.8) is 0 Å². The smallest absolute Gasteiger partial charge is 0.331 e. The molecule has 8 nitrogen and oxygen atoms in total. The standard InChI is InChI=1S/C32H33FN4O4/c33-26-11-5-6-12-27(26)35-29(38)21-36-28-13-7-4-10-25(28)31(40)37(32(36)41)20-23-14-16-24(17-15-23)30(39)34-19-18-22-8-2-1-3-9-22/h1-13,23-24H,14-21H2,(H,34,39)(H,35,38). The molecular formula is C32H33FN4O4. The first kappa shape index (κ1) is 28.0. The lowest BCUT2D eigenvalue weighted by Crippen LogP contribution is -2.43. The first-order chi connectivity index (χ1) is 19.9. The molecule has 1 saturated carbocycles. The van der Waals surface area contributed by atoms with Crippen molar-refractivity contribution in [2.45, 2.75) is 45.2 Å². The van der Waals surface area contributed by atoms with E-state index in [1.54, 1.807) is 30.3 Å². The number of rotatable bonds is 9. The van der Waals surface area contributed by atoms with Gasteiger partial charge < -0.3 is 10.6 Å². The molecular weight excluding hydrogens is 523 g/mol. The van der Waals surface area contributed by atoms with E-state index in [2.05, 4.69) is 10.6 Å². The van der Waals surface area contributed by atoms with Gasteiger partial charge in [-0.3, -0.25) is 23.5 Å². The number of aromatic nitrogens is 2. The predicted octanol–water partition coefficient (Wildman–Crippen LogP) is 4.11. The van der Waals surface area contributed by atoms with E-state index >= 15 is 0 Å². The minimum atomic E-state index is -0.585. The quantitative estimate of drug-likeness (QED) is 0.324. The molecule has 0 spiro atoms. The maximum absolute atomic E-state index is 14.1. The molecule has 0 saturated heterocycles. The summed E-state index contributed by atoms with van der Waals surface area (Å²) in [5, 5.41) is 5.88. The van der Waals surface area contributed by atoms with Crippen LogP contribution in [0, 0.1) is 17.7 Å². The number of nitrogens with zero attached hydrogens (tertiary/aromatic N) is 2. The molecule has 0 aliphatic heterocycles. The average Bonchev–Trinajstić information content (AvgIpc) is 2.99. The number of hydrogen-bond acceptors (Lipinski definition) is 4. The van der Waals surface area contributed by atoms with E-state index in [4.69, 9.17) is 0 Å². The summed E-state index contributed by atoms with van der Waals surface area (Å²) in [5.74, 6) is -1.15. The highest BCUT2D eigenvalue weighted by Gasteiger charge is 2.27. The van der Waals surface area contributed by atoms with Crippen LogP contribution in [0.4, 0.5) is 10.1 Å². The Balaban J connectivity index is 1.26. The number of fused-ring (bicyclic) bond motifs is 1. The zero-order valence-corrected chi connectivity index (χ0v) is 22.7. The topological polar surface area (TPSA) is 102 Å². The lowest BCUT2D eigenvalue weighted by molar-refractivity contribution is -0.126. The summed E-state index contributed by atoms with van der Waals surface area (Å²) >= 11 is 0. The van der Waals surface area contributed by atoms with E-state index < -0.39 is 23.0 Å². The van der Waals surface area contributed by atoms with Crippen LogP contribution >= 0.6 is 0 Å². The van der Waals surface area contributed by atoms with Gasteiger partial charge in [-0.05, 0) is 67.9 Å². The van der Waals surface area contributed by atoms with E-state index in [-0.39, 0.29) is 36.5 Å². The lowest BCUT2D eigenvalue weighted by Gasteiger charge is -2.28. The van der Waals surface area contributed by atoms with Crippen LogP contribution in [-0.2, 0) is 29.1 Å². The van der Waals surface area contributed by atoms with Crippen molar-refractivity contribution in [3.05, 3.63) is 111 Å². The van der Waals surface area contributed by atoms with Crippen LogP contribution in [0.5, 0.6) is 0 Å². The first-order valence-electron chi connectivity index (χ1n) is 14.0. The summed E-state index contributed by atoms with van der Waals surface area (Å²) in [6.45, 7) is 0.420. The van der Waals surface area contributed by atoms with Crippen LogP contribution in [0.15, 0.2) is 88.5 Å². The molecule has 212 valence electrons. The highest BCUT2D eigenvalue weighted by molar-refractivity contribution is 5.91. The molecule has 0 atom stereocenters. The largest absolute Gasteiger partial charge is 0.356 e. The van der Waals surface area contributed by atoms with E-state index in [1.165, 1.54) is 32.9 Å². The van der Waals surface area contributed by atoms with Crippen LogP contribution < -0.4 is 21.9 Å². The van der Waals surface area contributed by atoms with Gasteiger partial charge in [0.25, 0.3) is 5.56 Å². The third kappa shape index (κ3) is 6.62. The Bertz CT molecular complexity index is 1660. The van der Waals surface area contributed by atoms with Gasteiger partial charge in [-0.2, -0.15) is 0 Å². The van der Waals surface area contributed by atoms with E-state index in [0.29, 0.717) is 43.1 Å². The molecule has 3 aromatic carbocycles. The summed E-state index contributed by atoms with van der Waals surface area (Å²) in [5.41, 5.74) is 0.547. The zero-order chi connectivity index (χ0) is 28.8. The number of para-hydroxylation sites is 2. The van der Waals surface area contributed by atoms with Crippen molar-refractivity contribution in [1.29, 1.82) is 0 Å². The van der Waals surface area contributed by atoms with Crippen molar-refractivity contribution >= 4 is 28.4 Å². The minimum Gasteiger partial charge on any atom is -0.356 e. The fourth-order valence-corrected chi connectivity index (χ4v) is 5.57. The van der Waals surface area contributed by atoms with Crippen molar-refractivity contribution < 1.29 is 14.0 Å². The predicted molar refractivity (Wildman–Crippen MR) is 156 cm³/mol. The third-order valence-electron chi connectivity index (χ3n) is 7.80. The Morgan fingerprint density at radius 2 is 1.51 bits per heavy atom. The average molecular weight is 557 g/mol. The van der Waals surface area contributed by atoms with Crippen LogP contribution in [0.3, 0.4) is 0 Å². The number of carbonyl (C=O) groups excluding carboxylic acids is 2. The molecule has 5 rings (SSSR count).